The van der Waals surface area contributed by atoms with Crippen molar-refractivity contribution < 1.29 is 87.3 Å². The number of hydrogen-bond donors (Lipinski definition) is 6. The Morgan fingerprint density at radius 2 is 0.785 bits per heavy atom. The van der Waals surface area contributed by atoms with Gasteiger partial charge in [0.2, 0.25) is 12.8 Å². The van der Waals surface area contributed by atoms with E-state index in [1.807, 2.05) is 163 Å². The van der Waals surface area contributed by atoms with E-state index in [-0.39, 0.29) is 108 Å². The fourth-order valence-electron chi connectivity index (χ4n) is 11.8. The standard InChI is InChI=1S/C36H54N2O9.C35H52N2O9/c1-6-31(29-15-10-8-11-16-29)33(27(4)35(40)41)37-47-20-14-19-45-25-46-22-21-44-23-26(3)38(24-39)34(28(5)36(42)43)32(7-2)30-17-12-9-13-18-30;1-6-30(28-14-10-8-11-15-28)32(26(4)34(39)40)21-46-36-22-43-18-19-44-24-45-20-25(3)37(23-38)33(27(5)35(41)42)31(7-2)29-16-12-9-13-17-29/h8-13,15-18,24,26-28,31-34,37H,6-7,14,19-23,25H2,1-5H3,(H,40,41)(H,42,43);8-17,23,25-27,30-33,36H,6-7,18-22,24H2,1-5H3,(H,39,40)(H,41,42). The van der Waals surface area contributed by atoms with Crippen LogP contribution in [0.2, 0.25) is 0 Å². The predicted molar refractivity (Wildman–Crippen MR) is 353 cm³/mol. The normalized spacial score (nSPS) is 16.0. The quantitative estimate of drug-likeness (QED) is 0.0104. The molecule has 4 rings (SSSR count). The van der Waals surface area contributed by atoms with Crippen LogP contribution in [0.5, 0.6) is 0 Å². The molecule has 518 valence electrons. The lowest BCUT2D eigenvalue weighted by atomic mass is 9.77. The summed E-state index contributed by atoms with van der Waals surface area (Å²) in [6.07, 6.45) is 4.92. The first-order valence-corrected chi connectivity index (χ1v) is 32.6. The van der Waals surface area contributed by atoms with E-state index in [0.717, 1.165) is 41.5 Å². The molecule has 2 amide bonds. The van der Waals surface area contributed by atoms with Crippen LogP contribution in [-0.4, -0.2) is 177 Å². The van der Waals surface area contributed by atoms with Gasteiger partial charge < -0.3 is 63.5 Å². The van der Waals surface area contributed by atoms with Crippen molar-refractivity contribution in [2.75, 3.05) is 79.8 Å². The van der Waals surface area contributed by atoms with Crippen molar-refractivity contribution >= 4 is 36.7 Å². The second-order valence-electron chi connectivity index (χ2n) is 23.4. The molecule has 0 aromatic heterocycles. The number of carboxylic acid groups (broad SMARTS) is 4. The van der Waals surface area contributed by atoms with Gasteiger partial charge >= 0.3 is 23.9 Å². The lowest BCUT2D eigenvalue weighted by Gasteiger charge is -2.40. The monoisotopic (exact) mass is 1300 g/mol. The Bertz CT molecular complexity index is 2650. The van der Waals surface area contributed by atoms with Crippen LogP contribution in [0.3, 0.4) is 0 Å². The summed E-state index contributed by atoms with van der Waals surface area (Å²) < 4.78 is 33.4. The summed E-state index contributed by atoms with van der Waals surface area (Å²) >= 11 is 0. The van der Waals surface area contributed by atoms with Gasteiger partial charge in [0.1, 0.15) is 20.3 Å². The zero-order valence-corrected chi connectivity index (χ0v) is 56.2. The van der Waals surface area contributed by atoms with Crippen LogP contribution in [0.15, 0.2) is 121 Å². The number of rotatable bonds is 51. The summed E-state index contributed by atoms with van der Waals surface area (Å²) in [4.78, 5) is 86.5. The van der Waals surface area contributed by atoms with Crippen LogP contribution >= 0.6 is 0 Å². The maximum absolute atomic E-state index is 12.3. The maximum atomic E-state index is 12.3. The predicted octanol–water partition coefficient (Wildman–Crippen LogP) is 10.5. The highest BCUT2D eigenvalue weighted by atomic mass is 16.7. The molecular formula is C71H106N4O18. The van der Waals surface area contributed by atoms with Crippen molar-refractivity contribution in [3.8, 4) is 0 Å². The molecule has 6 N–H and O–H groups in total. The molecule has 0 spiro atoms. The zero-order valence-electron chi connectivity index (χ0n) is 56.2. The van der Waals surface area contributed by atoms with Crippen molar-refractivity contribution in [1.29, 1.82) is 0 Å². The number of benzene rings is 4. The van der Waals surface area contributed by atoms with Crippen LogP contribution in [0.4, 0.5) is 0 Å². The molecule has 0 aliphatic heterocycles. The Morgan fingerprint density at radius 3 is 1.19 bits per heavy atom. The fraction of sp³-hybridized carbons (Fsp3) is 0.577. The molecule has 4 aromatic carbocycles. The third kappa shape index (κ3) is 27.7. The van der Waals surface area contributed by atoms with Gasteiger partial charge in [0.25, 0.3) is 0 Å². The van der Waals surface area contributed by atoms with Crippen LogP contribution in [-0.2, 0) is 66.9 Å². The summed E-state index contributed by atoms with van der Waals surface area (Å²) in [5, 5.41) is 39.0. The molecule has 0 fully saturated rings. The molecule has 0 saturated carbocycles. The van der Waals surface area contributed by atoms with Gasteiger partial charge in [-0.05, 0) is 88.0 Å². The number of carbonyl (C=O) groups excluding carboxylic acids is 2. The van der Waals surface area contributed by atoms with E-state index in [9.17, 15) is 49.2 Å². The van der Waals surface area contributed by atoms with Crippen molar-refractivity contribution in [1.82, 2.24) is 20.8 Å². The van der Waals surface area contributed by atoms with Gasteiger partial charge in [0.05, 0.1) is 113 Å². The summed E-state index contributed by atoms with van der Waals surface area (Å²) in [5.74, 6) is -6.97. The molecule has 93 heavy (non-hydrogen) atoms. The Morgan fingerprint density at radius 1 is 0.419 bits per heavy atom. The Balaban J connectivity index is 0.000000485. The first-order chi connectivity index (χ1) is 44.8. The Hall–Kier alpha value is -6.70. The number of nitrogens with one attached hydrogen (secondary N) is 2. The van der Waals surface area contributed by atoms with Crippen molar-refractivity contribution in [3.05, 3.63) is 144 Å². The molecule has 22 heteroatoms. The minimum Gasteiger partial charge on any atom is -0.481 e. The van der Waals surface area contributed by atoms with Gasteiger partial charge in [-0.15, -0.1) is 0 Å². The summed E-state index contributed by atoms with van der Waals surface area (Å²) in [7, 11) is 0. The largest absolute Gasteiger partial charge is 0.481 e. The maximum Gasteiger partial charge on any atom is 0.308 e. The van der Waals surface area contributed by atoms with Crippen LogP contribution in [0.25, 0.3) is 0 Å². The lowest BCUT2D eigenvalue weighted by molar-refractivity contribution is -0.148. The van der Waals surface area contributed by atoms with Gasteiger partial charge in [-0.2, -0.15) is 11.0 Å². The first-order valence-electron chi connectivity index (χ1n) is 32.6. The van der Waals surface area contributed by atoms with E-state index in [1.54, 1.807) is 37.5 Å². The molecule has 0 heterocycles. The van der Waals surface area contributed by atoms with E-state index in [0.29, 0.717) is 38.9 Å². The van der Waals surface area contributed by atoms with Crippen molar-refractivity contribution in [2.24, 2.45) is 29.6 Å². The SMILES string of the molecule is CCC(c1ccccc1)C(CONCOCCOCOCC(C)N(C=O)C(C(C)C(=O)O)C(CC)c1ccccc1)C(C)C(=O)O.CCC(c1ccccc1)C(NOCCCOCOCCOCC(C)N(C=O)C(C(C)C(=O)O)C(CC)c1ccccc1)C(C)C(=O)O. The summed E-state index contributed by atoms with van der Waals surface area (Å²) in [6, 6.07) is 36.8. The number of carboxylic acids is 4. The first kappa shape index (κ1) is 80.5. The molecule has 4 aromatic rings. The minimum atomic E-state index is -0.963. The molecule has 14 atom stereocenters. The minimum absolute atomic E-state index is 0.0176. The fourth-order valence-corrected chi connectivity index (χ4v) is 11.8. The number of carbonyl (C=O) groups is 6. The Labute approximate surface area is 550 Å². The average molecular weight is 1300 g/mol. The number of hydrogen-bond acceptors (Lipinski definition) is 16. The Kier molecular flexibility index (Phi) is 40.2. The van der Waals surface area contributed by atoms with Crippen molar-refractivity contribution in [2.45, 2.75) is 155 Å². The number of aliphatic carboxylic acids is 4. The van der Waals surface area contributed by atoms with Crippen molar-refractivity contribution in [3.63, 3.8) is 0 Å². The van der Waals surface area contributed by atoms with Gasteiger partial charge in [-0.3, -0.25) is 33.6 Å². The number of ether oxygens (including phenoxy) is 6. The average Bonchev–Trinajstić information content (AvgIpc) is 0.992. The van der Waals surface area contributed by atoms with E-state index < -0.39 is 65.7 Å². The second-order valence-corrected chi connectivity index (χ2v) is 23.4. The highest BCUT2D eigenvalue weighted by Gasteiger charge is 2.40. The van der Waals surface area contributed by atoms with E-state index in [2.05, 4.69) is 11.0 Å². The summed E-state index contributed by atoms with van der Waals surface area (Å²) in [5.41, 5.74) is 9.87. The molecule has 14 unspecified atom stereocenters. The molecule has 22 nitrogen and oxygen atoms in total. The van der Waals surface area contributed by atoms with Gasteiger partial charge in [0.15, 0.2) is 0 Å². The third-order valence-corrected chi connectivity index (χ3v) is 17.2. The molecule has 0 aliphatic carbocycles. The van der Waals surface area contributed by atoms with Crippen LogP contribution < -0.4 is 11.0 Å². The molecule has 0 radical (unpaired) electrons. The topological polar surface area (TPSA) is 288 Å². The molecule has 0 aliphatic rings. The number of amides is 2. The van der Waals surface area contributed by atoms with Gasteiger partial charge in [-0.25, -0.2) is 0 Å². The van der Waals surface area contributed by atoms with E-state index in [1.165, 1.54) is 0 Å². The molecule has 0 saturated heterocycles. The van der Waals surface area contributed by atoms with E-state index >= 15 is 0 Å². The van der Waals surface area contributed by atoms with Crippen LogP contribution in [0, 0.1) is 29.6 Å². The second kappa shape index (κ2) is 46.4. The van der Waals surface area contributed by atoms with Gasteiger partial charge in [0, 0.05) is 23.7 Å². The zero-order chi connectivity index (χ0) is 68.5. The summed E-state index contributed by atoms with van der Waals surface area (Å²) in [6.45, 7) is 21.0. The molecule has 0 bridgehead atoms. The smallest absolute Gasteiger partial charge is 0.308 e. The van der Waals surface area contributed by atoms with Gasteiger partial charge in [-0.1, -0.05) is 163 Å². The highest BCUT2D eigenvalue weighted by Crippen LogP contribution is 2.36. The molecular weight excluding hydrogens is 1200 g/mol. The van der Waals surface area contributed by atoms with Crippen LogP contribution in [0.1, 0.15) is 147 Å². The lowest BCUT2D eigenvalue weighted by Crippen LogP contribution is -2.51. The highest BCUT2D eigenvalue weighted by molar-refractivity contribution is 5.72. The number of nitrogens with zero attached hydrogens (tertiary/aromatic N) is 2. The third-order valence-electron chi connectivity index (χ3n) is 17.2. The number of hydroxylamine groups is 2. The van der Waals surface area contributed by atoms with E-state index in [4.69, 9.17) is 38.1 Å².